The zero-order valence-corrected chi connectivity index (χ0v) is 11.2. The third-order valence-electron chi connectivity index (χ3n) is 2.96. The predicted molar refractivity (Wildman–Crippen MR) is 72.1 cm³/mol. The number of aromatic amines is 1. The average molecular weight is 290 g/mol. The highest BCUT2D eigenvalue weighted by Gasteiger charge is 2.11. The number of rotatable bonds is 4. The summed E-state index contributed by atoms with van der Waals surface area (Å²) in [6, 6.07) is 2.99. The van der Waals surface area contributed by atoms with Crippen molar-refractivity contribution in [2.24, 2.45) is 0 Å². The van der Waals surface area contributed by atoms with Crippen molar-refractivity contribution < 1.29 is 13.5 Å². The van der Waals surface area contributed by atoms with Crippen LogP contribution in [0.4, 0.5) is 8.78 Å². The van der Waals surface area contributed by atoms with Gasteiger partial charge in [0, 0.05) is 18.0 Å². The highest BCUT2D eigenvalue weighted by molar-refractivity contribution is 5.76. The molecule has 1 N–H and O–H groups in total. The number of nitrogens with one attached hydrogen (secondary N) is 1. The fraction of sp³-hybridized carbons (Fsp3) is 0.214. The van der Waals surface area contributed by atoms with E-state index in [1.165, 1.54) is 6.07 Å². The molecule has 0 atom stereocenters. The molecule has 21 heavy (non-hydrogen) atoms. The second-order valence-electron chi connectivity index (χ2n) is 4.52. The van der Waals surface area contributed by atoms with Crippen molar-refractivity contribution in [2.75, 3.05) is 0 Å². The van der Waals surface area contributed by atoms with Crippen LogP contribution in [0.3, 0.4) is 0 Å². The third-order valence-corrected chi connectivity index (χ3v) is 2.96. The first-order chi connectivity index (χ1) is 10.2. The number of hydrogen-bond donors (Lipinski definition) is 1. The van der Waals surface area contributed by atoms with Crippen molar-refractivity contribution in [1.82, 2.24) is 20.2 Å². The molecule has 2 aromatic heterocycles. The molecule has 0 spiro atoms. The van der Waals surface area contributed by atoms with Gasteiger partial charge in [0.25, 0.3) is 0 Å². The lowest BCUT2D eigenvalue weighted by Gasteiger charge is -2.04. The standard InChI is InChI=1S/C14H12F2N4O/c1-2-3-11-9-7-17-14(18-13(9)20-19-11)21-12-5-4-8(15)6-10(12)16/h4-7H,2-3H2,1H3,(H,17,18,19,20). The van der Waals surface area contributed by atoms with E-state index in [2.05, 4.69) is 27.1 Å². The highest BCUT2D eigenvalue weighted by atomic mass is 19.1. The highest BCUT2D eigenvalue weighted by Crippen LogP contribution is 2.24. The fourth-order valence-electron chi connectivity index (χ4n) is 1.98. The molecule has 0 radical (unpaired) electrons. The molecule has 2 heterocycles. The summed E-state index contributed by atoms with van der Waals surface area (Å²) in [5.41, 5.74) is 1.40. The van der Waals surface area contributed by atoms with Crippen molar-refractivity contribution in [1.29, 1.82) is 0 Å². The maximum atomic E-state index is 13.5. The first-order valence-electron chi connectivity index (χ1n) is 6.50. The summed E-state index contributed by atoms with van der Waals surface area (Å²) < 4.78 is 31.6. The van der Waals surface area contributed by atoms with Crippen LogP contribution in [-0.4, -0.2) is 20.2 Å². The van der Waals surface area contributed by atoms with Gasteiger partial charge >= 0.3 is 6.01 Å². The van der Waals surface area contributed by atoms with Crippen LogP contribution in [0, 0.1) is 11.6 Å². The number of H-pyrrole nitrogens is 1. The summed E-state index contributed by atoms with van der Waals surface area (Å²) >= 11 is 0. The smallest absolute Gasteiger partial charge is 0.324 e. The van der Waals surface area contributed by atoms with E-state index in [0.717, 1.165) is 36.1 Å². The lowest BCUT2D eigenvalue weighted by atomic mass is 10.2. The monoisotopic (exact) mass is 290 g/mol. The maximum Gasteiger partial charge on any atom is 0.324 e. The van der Waals surface area contributed by atoms with Crippen LogP contribution in [0.2, 0.25) is 0 Å². The Morgan fingerprint density at radius 3 is 2.90 bits per heavy atom. The third kappa shape index (κ3) is 2.67. The molecule has 0 aliphatic heterocycles. The predicted octanol–water partition coefficient (Wildman–Crippen LogP) is 3.38. The van der Waals surface area contributed by atoms with E-state index in [0.29, 0.717) is 5.65 Å². The molecular weight excluding hydrogens is 278 g/mol. The van der Waals surface area contributed by atoms with E-state index in [1.54, 1.807) is 6.20 Å². The van der Waals surface area contributed by atoms with E-state index in [1.807, 2.05) is 0 Å². The second-order valence-corrected chi connectivity index (χ2v) is 4.52. The van der Waals surface area contributed by atoms with Gasteiger partial charge in [0.05, 0.1) is 5.39 Å². The van der Waals surface area contributed by atoms with Gasteiger partial charge in [-0.3, -0.25) is 5.10 Å². The molecule has 0 fully saturated rings. The van der Waals surface area contributed by atoms with E-state index >= 15 is 0 Å². The summed E-state index contributed by atoms with van der Waals surface area (Å²) in [7, 11) is 0. The number of benzene rings is 1. The molecule has 3 rings (SSSR count). The second kappa shape index (κ2) is 5.43. The topological polar surface area (TPSA) is 63.7 Å². The Balaban J connectivity index is 1.91. The first kappa shape index (κ1) is 13.4. The molecular formula is C14H12F2N4O. The van der Waals surface area contributed by atoms with E-state index in [9.17, 15) is 8.78 Å². The summed E-state index contributed by atoms with van der Waals surface area (Å²) in [6.45, 7) is 2.06. The van der Waals surface area contributed by atoms with Crippen LogP contribution in [0.15, 0.2) is 24.4 Å². The lowest BCUT2D eigenvalue weighted by molar-refractivity contribution is 0.409. The van der Waals surface area contributed by atoms with Gasteiger partial charge in [-0.15, -0.1) is 0 Å². The molecule has 3 aromatic rings. The van der Waals surface area contributed by atoms with Crippen molar-refractivity contribution in [2.45, 2.75) is 19.8 Å². The first-order valence-corrected chi connectivity index (χ1v) is 6.50. The van der Waals surface area contributed by atoms with Crippen molar-refractivity contribution >= 4 is 11.0 Å². The summed E-state index contributed by atoms with van der Waals surface area (Å²) in [5.74, 6) is -1.62. The average Bonchev–Trinajstić information content (AvgIpc) is 2.85. The number of halogens is 2. The van der Waals surface area contributed by atoms with Crippen LogP contribution >= 0.6 is 0 Å². The van der Waals surface area contributed by atoms with Crippen LogP contribution in [0.5, 0.6) is 11.8 Å². The normalized spacial score (nSPS) is 11.0. The number of ether oxygens (including phenoxy) is 1. The summed E-state index contributed by atoms with van der Waals surface area (Å²) in [6.07, 6.45) is 3.39. The minimum absolute atomic E-state index is 0.0393. The Bertz CT molecular complexity index is 788. The van der Waals surface area contributed by atoms with Crippen LogP contribution in [0.1, 0.15) is 19.0 Å². The minimum Gasteiger partial charge on any atom is -0.421 e. The zero-order valence-electron chi connectivity index (χ0n) is 11.2. The number of hydrogen-bond acceptors (Lipinski definition) is 4. The molecule has 5 nitrogen and oxygen atoms in total. The van der Waals surface area contributed by atoms with E-state index in [-0.39, 0.29) is 11.8 Å². The Morgan fingerprint density at radius 1 is 1.29 bits per heavy atom. The maximum absolute atomic E-state index is 13.5. The Morgan fingerprint density at radius 2 is 2.14 bits per heavy atom. The number of aryl methyl sites for hydroxylation is 1. The zero-order chi connectivity index (χ0) is 14.8. The van der Waals surface area contributed by atoms with Crippen molar-refractivity contribution in [3.05, 3.63) is 41.7 Å². The van der Waals surface area contributed by atoms with Gasteiger partial charge in [-0.2, -0.15) is 10.1 Å². The van der Waals surface area contributed by atoms with Crippen molar-refractivity contribution in [3.63, 3.8) is 0 Å². The van der Waals surface area contributed by atoms with Gasteiger partial charge in [0.2, 0.25) is 0 Å². The summed E-state index contributed by atoms with van der Waals surface area (Å²) in [4.78, 5) is 8.13. The van der Waals surface area contributed by atoms with Gasteiger partial charge in [0.15, 0.2) is 17.2 Å². The fourth-order valence-corrected chi connectivity index (χ4v) is 1.98. The quantitative estimate of drug-likeness (QED) is 0.800. The molecule has 0 aliphatic rings. The Labute approximate surface area is 119 Å². The molecule has 7 heteroatoms. The Kier molecular flexibility index (Phi) is 3.47. The molecule has 108 valence electrons. The van der Waals surface area contributed by atoms with Crippen molar-refractivity contribution in [3.8, 4) is 11.8 Å². The van der Waals surface area contributed by atoms with Crippen LogP contribution in [0.25, 0.3) is 11.0 Å². The van der Waals surface area contributed by atoms with E-state index < -0.39 is 11.6 Å². The number of fused-ring (bicyclic) bond motifs is 1. The van der Waals surface area contributed by atoms with Gasteiger partial charge < -0.3 is 4.74 Å². The molecule has 1 aromatic carbocycles. The number of nitrogens with zero attached hydrogens (tertiary/aromatic N) is 3. The molecule has 0 aliphatic carbocycles. The molecule has 0 saturated carbocycles. The lowest BCUT2D eigenvalue weighted by Crippen LogP contribution is -1.95. The van der Waals surface area contributed by atoms with Crippen LogP contribution in [-0.2, 0) is 6.42 Å². The molecule has 0 amide bonds. The number of aromatic nitrogens is 4. The SMILES string of the molecule is CCCc1[nH]nc2nc(Oc3ccc(F)cc3F)ncc12. The van der Waals surface area contributed by atoms with Gasteiger partial charge in [-0.05, 0) is 18.6 Å². The summed E-state index contributed by atoms with van der Waals surface area (Å²) in [5, 5.41) is 7.77. The molecule has 0 bridgehead atoms. The van der Waals surface area contributed by atoms with Crippen LogP contribution < -0.4 is 4.74 Å². The van der Waals surface area contributed by atoms with Gasteiger partial charge in [-0.25, -0.2) is 13.8 Å². The largest absolute Gasteiger partial charge is 0.421 e. The van der Waals surface area contributed by atoms with Gasteiger partial charge in [-0.1, -0.05) is 13.3 Å². The Hall–Kier alpha value is -2.57. The van der Waals surface area contributed by atoms with Gasteiger partial charge in [0.1, 0.15) is 5.82 Å². The molecule has 0 unspecified atom stereocenters. The minimum atomic E-state index is -0.813. The molecule has 0 saturated heterocycles. The van der Waals surface area contributed by atoms with E-state index in [4.69, 9.17) is 4.74 Å².